The van der Waals surface area contributed by atoms with E-state index in [0.29, 0.717) is 11.7 Å². The van der Waals surface area contributed by atoms with Gasteiger partial charge in [-0.1, -0.05) is 19.3 Å². The van der Waals surface area contributed by atoms with Crippen molar-refractivity contribution in [1.29, 1.82) is 0 Å². The number of aromatic carboxylic acids is 1. The van der Waals surface area contributed by atoms with E-state index >= 15 is 0 Å². The molecule has 0 unspecified atom stereocenters. The Kier molecular flexibility index (Phi) is 4.72. The molecule has 0 radical (unpaired) electrons. The molecule has 1 aromatic carbocycles. The molecule has 2 N–H and O–H groups in total. The van der Waals surface area contributed by atoms with Gasteiger partial charge in [0, 0.05) is 10.8 Å². The minimum atomic E-state index is -0.960. The molecule has 136 valence electrons. The van der Waals surface area contributed by atoms with Crippen LogP contribution < -0.4 is 5.32 Å². The quantitative estimate of drug-likeness (QED) is 0.855. The highest BCUT2D eigenvalue weighted by molar-refractivity contribution is 8.00. The van der Waals surface area contributed by atoms with Crippen molar-refractivity contribution in [2.24, 2.45) is 5.92 Å². The number of hydrogen-bond acceptors (Lipinski definition) is 4. The molecular formula is C19H21N3O3S. The second-order valence-corrected chi connectivity index (χ2v) is 8.02. The van der Waals surface area contributed by atoms with Crippen LogP contribution in [-0.2, 0) is 4.79 Å². The third-order valence-corrected chi connectivity index (χ3v) is 6.62. The lowest BCUT2D eigenvalue weighted by atomic mass is 9.85. The highest BCUT2D eigenvalue weighted by Gasteiger charge is 2.33. The number of amides is 1. The predicted octanol–water partition coefficient (Wildman–Crippen LogP) is 3.88. The van der Waals surface area contributed by atoms with Gasteiger partial charge in [0.2, 0.25) is 5.91 Å². The molecule has 6 nitrogen and oxygen atoms in total. The van der Waals surface area contributed by atoms with Gasteiger partial charge in [-0.05, 0) is 43.0 Å². The van der Waals surface area contributed by atoms with Crippen molar-refractivity contribution in [3.05, 3.63) is 41.6 Å². The number of carboxylic acids is 1. The number of nitrogens with zero attached hydrogens (tertiary/aromatic N) is 2. The lowest BCUT2D eigenvalue weighted by Crippen LogP contribution is -2.15. The van der Waals surface area contributed by atoms with Gasteiger partial charge < -0.3 is 10.4 Å². The summed E-state index contributed by atoms with van der Waals surface area (Å²) in [5.74, 6) is 0.774. The number of nitrogens with one attached hydrogen (secondary N) is 1. The van der Waals surface area contributed by atoms with Crippen molar-refractivity contribution in [3.63, 3.8) is 0 Å². The zero-order valence-corrected chi connectivity index (χ0v) is 15.2. The van der Waals surface area contributed by atoms with Crippen LogP contribution in [0.15, 0.2) is 30.5 Å². The molecule has 1 aliphatic carbocycles. The summed E-state index contributed by atoms with van der Waals surface area (Å²) < 4.78 is 1.71. The molecule has 2 aliphatic rings. The first kappa shape index (κ1) is 17.1. The number of carboxylic acid groups (broad SMARTS) is 1. The summed E-state index contributed by atoms with van der Waals surface area (Å²) in [6.45, 7) is 0. The number of aromatic nitrogens is 2. The van der Waals surface area contributed by atoms with Crippen molar-refractivity contribution in [2.45, 2.75) is 37.4 Å². The zero-order valence-electron chi connectivity index (χ0n) is 14.4. The van der Waals surface area contributed by atoms with Gasteiger partial charge in [0.25, 0.3) is 0 Å². The fraction of sp³-hybridized carbons (Fsp3) is 0.421. The van der Waals surface area contributed by atoms with Crippen molar-refractivity contribution < 1.29 is 14.7 Å². The number of anilines is 1. The molecule has 1 aliphatic heterocycles. The third kappa shape index (κ3) is 3.23. The van der Waals surface area contributed by atoms with Gasteiger partial charge in [0.1, 0.15) is 5.82 Å². The number of rotatable bonds is 3. The molecule has 1 amide bonds. The van der Waals surface area contributed by atoms with Crippen LogP contribution >= 0.6 is 11.8 Å². The first-order chi connectivity index (χ1) is 12.6. The first-order valence-electron chi connectivity index (χ1n) is 8.96. The summed E-state index contributed by atoms with van der Waals surface area (Å²) in [7, 11) is 0. The number of benzene rings is 1. The van der Waals surface area contributed by atoms with Gasteiger partial charge in [-0.25, -0.2) is 9.48 Å². The van der Waals surface area contributed by atoms with Crippen LogP contribution in [0.4, 0.5) is 5.82 Å². The maximum Gasteiger partial charge on any atom is 0.335 e. The molecule has 0 saturated heterocycles. The molecule has 1 aromatic heterocycles. The molecule has 4 rings (SSSR count). The van der Waals surface area contributed by atoms with E-state index in [-0.39, 0.29) is 16.7 Å². The standard InChI is InChI=1S/C19H21N3O3S/c23-16-11-26-17(12-4-2-1-3-5-12)15-10-20-22(18(15)21-16)14-8-6-13(7-9-14)19(24)25/h6-10,12,17H,1-5,11H2,(H,21,23)(H,24,25)/t17-/m0/s1. The monoisotopic (exact) mass is 371 g/mol. The molecule has 0 spiro atoms. The number of carbonyl (C=O) groups is 2. The van der Waals surface area contributed by atoms with Gasteiger partial charge in [0.05, 0.1) is 23.2 Å². The smallest absolute Gasteiger partial charge is 0.335 e. The minimum Gasteiger partial charge on any atom is -0.478 e. The minimum absolute atomic E-state index is 0.0153. The van der Waals surface area contributed by atoms with Gasteiger partial charge in [-0.15, -0.1) is 11.8 Å². The summed E-state index contributed by atoms with van der Waals surface area (Å²) in [6, 6.07) is 6.54. The average Bonchev–Trinajstić information content (AvgIpc) is 2.98. The van der Waals surface area contributed by atoms with Gasteiger partial charge in [-0.2, -0.15) is 5.10 Å². The Hall–Kier alpha value is -2.28. The van der Waals surface area contributed by atoms with Crippen molar-refractivity contribution in [3.8, 4) is 5.69 Å². The van der Waals surface area contributed by atoms with E-state index in [1.807, 2.05) is 6.20 Å². The molecule has 26 heavy (non-hydrogen) atoms. The number of thioether (sulfide) groups is 1. The highest BCUT2D eigenvalue weighted by Crippen LogP contribution is 2.47. The van der Waals surface area contributed by atoms with Gasteiger partial charge >= 0.3 is 5.97 Å². The summed E-state index contributed by atoms with van der Waals surface area (Å²) in [5.41, 5.74) is 2.05. The molecular weight excluding hydrogens is 350 g/mol. The lowest BCUT2D eigenvalue weighted by Gasteiger charge is -2.28. The van der Waals surface area contributed by atoms with Gasteiger partial charge in [-0.3, -0.25) is 4.79 Å². The normalized spacial score (nSPS) is 20.9. The summed E-state index contributed by atoms with van der Waals surface area (Å²) >= 11 is 1.71. The molecule has 7 heteroatoms. The lowest BCUT2D eigenvalue weighted by molar-refractivity contribution is -0.113. The second kappa shape index (κ2) is 7.15. The maximum atomic E-state index is 12.2. The highest BCUT2D eigenvalue weighted by atomic mass is 32.2. The Balaban J connectivity index is 1.71. The number of fused-ring (bicyclic) bond motifs is 1. The summed E-state index contributed by atoms with van der Waals surface area (Å²) in [6.07, 6.45) is 8.06. The number of hydrogen-bond donors (Lipinski definition) is 2. The van der Waals surface area contributed by atoms with Crippen LogP contribution in [0, 0.1) is 5.92 Å². The van der Waals surface area contributed by atoms with Crippen LogP contribution in [0.2, 0.25) is 0 Å². The summed E-state index contributed by atoms with van der Waals surface area (Å²) in [4.78, 5) is 23.3. The Morgan fingerprint density at radius 3 is 2.62 bits per heavy atom. The number of carbonyl (C=O) groups excluding carboxylic acids is 1. The topological polar surface area (TPSA) is 84.2 Å². The van der Waals surface area contributed by atoms with E-state index in [9.17, 15) is 9.59 Å². The largest absolute Gasteiger partial charge is 0.478 e. The molecule has 2 aromatic rings. The van der Waals surface area contributed by atoms with Crippen LogP contribution in [0.3, 0.4) is 0 Å². The second-order valence-electron chi connectivity index (χ2n) is 6.89. The van der Waals surface area contributed by atoms with E-state index in [2.05, 4.69) is 10.4 Å². The SMILES string of the molecule is O=C1CS[C@@H](C2CCCCC2)c2cnn(-c3ccc(C(=O)O)cc3)c2N1. The van der Waals surface area contributed by atoms with E-state index in [0.717, 1.165) is 17.1 Å². The summed E-state index contributed by atoms with van der Waals surface area (Å²) in [5, 5.41) is 16.8. The Morgan fingerprint density at radius 1 is 1.19 bits per heavy atom. The molecule has 0 bridgehead atoms. The van der Waals surface area contributed by atoms with Crippen molar-refractivity contribution in [2.75, 3.05) is 11.1 Å². The van der Waals surface area contributed by atoms with Crippen molar-refractivity contribution >= 4 is 29.5 Å². The molecule has 1 fully saturated rings. The predicted molar refractivity (Wildman–Crippen MR) is 101 cm³/mol. The Morgan fingerprint density at radius 2 is 1.92 bits per heavy atom. The molecule has 1 atom stereocenters. The van der Waals surface area contributed by atoms with Crippen molar-refractivity contribution in [1.82, 2.24) is 9.78 Å². The van der Waals surface area contributed by atoms with E-state index < -0.39 is 5.97 Å². The van der Waals surface area contributed by atoms with Crippen LogP contribution in [0.5, 0.6) is 0 Å². The average molecular weight is 371 g/mol. The van der Waals surface area contributed by atoms with Gasteiger partial charge in [0.15, 0.2) is 0 Å². The van der Waals surface area contributed by atoms with E-state index in [1.165, 1.54) is 32.1 Å². The van der Waals surface area contributed by atoms with Crippen LogP contribution in [-0.4, -0.2) is 32.5 Å². The third-order valence-electron chi connectivity index (χ3n) is 5.19. The van der Waals surface area contributed by atoms with E-state index in [1.54, 1.807) is 40.7 Å². The van der Waals surface area contributed by atoms with Crippen LogP contribution in [0.1, 0.15) is 53.3 Å². The maximum absolute atomic E-state index is 12.2. The molecule has 2 heterocycles. The zero-order chi connectivity index (χ0) is 18.1. The fourth-order valence-corrected chi connectivity index (χ4v) is 5.19. The molecule has 1 saturated carbocycles. The Bertz CT molecular complexity index is 825. The Labute approximate surface area is 156 Å². The van der Waals surface area contributed by atoms with Crippen LogP contribution in [0.25, 0.3) is 5.69 Å². The van der Waals surface area contributed by atoms with E-state index in [4.69, 9.17) is 5.11 Å². The first-order valence-corrected chi connectivity index (χ1v) is 10.0. The fourth-order valence-electron chi connectivity index (χ4n) is 3.89.